The van der Waals surface area contributed by atoms with Crippen molar-refractivity contribution in [3.63, 3.8) is 0 Å². The summed E-state index contributed by atoms with van der Waals surface area (Å²) in [6.45, 7) is 0.954. The van der Waals surface area contributed by atoms with Crippen molar-refractivity contribution in [2.24, 2.45) is 0 Å². The first-order valence-corrected chi connectivity index (χ1v) is 11.6. The lowest BCUT2D eigenvalue weighted by Crippen LogP contribution is -2.32. The fourth-order valence-corrected chi connectivity index (χ4v) is 4.90. The summed E-state index contributed by atoms with van der Waals surface area (Å²) in [5, 5.41) is 2.89. The Morgan fingerprint density at radius 1 is 1.06 bits per heavy atom. The van der Waals surface area contributed by atoms with Gasteiger partial charge in [0.2, 0.25) is 10.0 Å². The van der Waals surface area contributed by atoms with Crippen molar-refractivity contribution in [1.29, 1.82) is 0 Å². The first kappa shape index (κ1) is 21.9. The van der Waals surface area contributed by atoms with Crippen molar-refractivity contribution in [3.8, 4) is 11.5 Å². The van der Waals surface area contributed by atoms with Gasteiger partial charge in [0.15, 0.2) is 0 Å². The number of ether oxygens (including phenoxy) is 2. The van der Waals surface area contributed by atoms with Gasteiger partial charge in [0.1, 0.15) is 18.1 Å². The third-order valence-corrected chi connectivity index (χ3v) is 7.12. The minimum Gasteiger partial charge on any atom is -0.497 e. The summed E-state index contributed by atoms with van der Waals surface area (Å²) in [6, 6.07) is 21.0. The number of nitrogens with one attached hydrogen (secondary N) is 1. The first-order chi connectivity index (χ1) is 15.5. The maximum atomic E-state index is 13.2. The SMILES string of the molecule is COc1ccc(S(=O)(=O)N2CCOc3ccc(C(=O)NCc4ccccc4)cc3C2)cc1. The van der Waals surface area contributed by atoms with E-state index in [0.29, 0.717) is 29.2 Å². The Morgan fingerprint density at radius 2 is 1.81 bits per heavy atom. The molecule has 4 rings (SSSR count). The fourth-order valence-electron chi connectivity index (χ4n) is 3.49. The lowest BCUT2D eigenvalue weighted by molar-refractivity contribution is 0.0950. The molecule has 1 amide bonds. The zero-order chi connectivity index (χ0) is 22.6. The number of carbonyl (C=O) groups excluding carboxylic acids is 1. The lowest BCUT2D eigenvalue weighted by Gasteiger charge is -2.20. The quantitative estimate of drug-likeness (QED) is 0.621. The minimum atomic E-state index is -3.74. The summed E-state index contributed by atoms with van der Waals surface area (Å²) in [4.78, 5) is 12.8. The molecule has 0 bridgehead atoms. The normalized spacial score (nSPS) is 14.0. The standard InChI is InChI=1S/C24H24N2O5S/c1-30-21-8-10-22(11-9-21)32(28,29)26-13-14-31-23-12-7-19(15-20(23)17-26)24(27)25-16-18-5-3-2-4-6-18/h2-12,15H,13-14,16-17H2,1H3,(H,25,27). The summed E-state index contributed by atoms with van der Waals surface area (Å²) in [7, 11) is -2.21. The molecule has 1 heterocycles. The van der Waals surface area contributed by atoms with Gasteiger partial charge in [-0.15, -0.1) is 0 Å². The van der Waals surface area contributed by atoms with Crippen LogP contribution < -0.4 is 14.8 Å². The molecule has 32 heavy (non-hydrogen) atoms. The highest BCUT2D eigenvalue weighted by atomic mass is 32.2. The highest BCUT2D eigenvalue weighted by Gasteiger charge is 2.28. The number of carbonyl (C=O) groups is 1. The number of fused-ring (bicyclic) bond motifs is 1. The van der Waals surface area contributed by atoms with Gasteiger partial charge < -0.3 is 14.8 Å². The van der Waals surface area contributed by atoms with Gasteiger partial charge in [-0.2, -0.15) is 4.31 Å². The van der Waals surface area contributed by atoms with Crippen molar-refractivity contribution in [2.45, 2.75) is 18.0 Å². The van der Waals surface area contributed by atoms with Crippen molar-refractivity contribution in [1.82, 2.24) is 9.62 Å². The molecule has 8 heteroatoms. The lowest BCUT2D eigenvalue weighted by atomic mass is 10.1. The molecule has 0 saturated carbocycles. The molecule has 1 aliphatic rings. The number of sulfonamides is 1. The summed E-state index contributed by atoms with van der Waals surface area (Å²) < 4.78 is 38.6. The Labute approximate surface area is 187 Å². The number of rotatable bonds is 6. The van der Waals surface area contributed by atoms with Crippen LogP contribution in [0.3, 0.4) is 0 Å². The van der Waals surface area contributed by atoms with Crippen LogP contribution in [0.5, 0.6) is 11.5 Å². The number of nitrogens with zero attached hydrogens (tertiary/aromatic N) is 1. The molecule has 0 unspecified atom stereocenters. The van der Waals surface area contributed by atoms with Crippen molar-refractivity contribution in [3.05, 3.63) is 89.5 Å². The van der Waals surface area contributed by atoms with E-state index in [1.54, 1.807) is 30.3 Å². The average molecular weight is 453 g/mol. The van der Waals surface area contributed by atoms with E-state index < -0.39 is 10.0 Å². The first-order valence-electron chi connectivity index (χ1n) is 10.2. The monoisotopic (exact) mass is 452 g/mol. The van der Waals surface area contributed by atoms with Gasteiger partial charge in [-0.25, -0.2) is 8.42 Å². The Kier molecular flexibility index (Phi) is 6.43. The molecule has 0 saturated heterocycles. The Hall–Kier alpha value is -3.36. The average Bonchev–Trinajstić information content (AvgIpc) is 3.05. The van der Waals surface area contributed by atoms with E-state index in [0.717, 1.165) is 5.56 Å². The second kappa shape index (κ2) is 9.42. The number of benzene rings is 3. The van der Waals surface area contributed by atoms with Crippen molar-refractivity contribution < 1.29 is 22.7 Å². The van der Waals surface area contributed by atoms with Crippen LogP contribution in [0.1, 0.15) is 21.5 Å². The third-order valence-electron chi connectivity index (χ3n) is 5.26. The molecule has 3 aromatic carbocycles. The highest BCUT2D eigenvalue weighted by Crippen LogP contribution is 2.28. The summed E-state index contributed by atoms with van der Waals surface area (Å²) >= 11 is 0. The predicted octanol–water partition coefficient (Wildman–Crippen LogP) is 3.21. The van der Waals surface area contributed by atoms with E-state index >= 15 is 0 Å². The Bertz CT molecular complexity index is 1190. The van der Waals surface area contributed by atoms with Gasteiger partial charge in [0.05, 0.1) is 12.0 Å². The maximum Gasteiger partial charge on any atom is 0.251 e. The van der Waals surface area contributed by atoms with Gasteiger partial charge in [0, 0.05) is 30.8 Å². The van der Waals surface area contributed by atoms with Crippen LogP contribution in [-0.4, -0.2) is 38.9 Å². The molecule has 0 aliphatic carbocycles. The molecule has 0 radical (unpaired) electrons. The van der Waals surface area contributed by atoms with E-state index in [-0.39, 0.29) is 30.5 Å². The smallest absolute Gasteiger partial charge is 0.251 e. The van der Waals surface area contributed by atoms with Gasteiger partial charge in [0.25, 0.3) is 5.91 Å². The second-order valence-electron chi connectivity index (χ2n) is 7.35. The van der Waals surface area contributed by atoms with E-state index in [2.05, 4.69) is 5.32 Å². The van der Waals surface area contributed by atoms with E-state index in [4.69, 9.17) is 9.47 Å². The van der Waals surface area contributed by atoms with Crippen LogP contribution in [0.25, 0.3) is 0 Å². The Morgan fingerprint density at radius 3 is 2.53 bits per heavy atom. The fraction of sp³-hybridized carbons (Fsp3) is 0.208. The number of amides is 1. The molecular weight excluding hydrogens is 428 g/mol. The second-order valence-corrected chi connectivity index (χ2v) is 9.29. The maximum absolute atomic E-state index is 13.2. The molecule has 0 spiro atoms. The highest BCUT2D eigenvalue weighted by molar-refractivity contribution is 7.89. The van der Waals surface area contributed by atoms with E-state index in [1.807, 2.05) is 30.3 Å². The van der Waals surface area contributed by atoms with Crippen LogP contribution in [0.2, 0.25) is 0 Å². The molecule has 0 aromatic heterocycles. The van der Waals surface area contributed by atoms with Gasteiger partial charge in [-0.05, 0) is 48.0 Å². The van der Waals surface area contributed by atoms with Crippen molar-refractivity contribution in [2.75, 3.05) is 20.3 Å². The summed E-state index contributed by atoms with van der Waals surface area (Å²) in [5.74, 6) is 0.933. The zero-order valence-corrected chi connectivity index (χ0v) is 18.5. The van der Waals surface area contributed by atoms with E-state index in [9.17, 15) is 13.2 Å². The van der Waals surface area contributed by atoms with Crippen LogP contribution >= 0.6 is 0 Å². The van der Waals surface area contributed by atoms with Crippen LogP contribution in [-0.2, 0) is 23.1 Å². The largest absolute Gasteiger partial charge is 0.497 e. The molecule has 3 aromatic rings. The molecule has 0 atom stereocenters. The third kappa shape index (κ3) is 4.76. The predicted molar refractivity (Wildman–Crippen MR) is 120 cm³/mol. The molecule has 0 fully saturated rings. The van der Waals surface area contributed by atoms with Crippen LogP contribution in [0.4, 0.5) is 0 Å². The number of methoxy groups -OCH3 is 1. The summed E-state index contributed by atoms with van der Waals surface area (Å²) in [6.07, 6.45) is 0. The number of hydrogen-bond donors (Lipinski definition) is 1. The van der Waals surface area contributed by atoms with Gasteiger partial charge >= 0.3 is 0 Å². The minimum absolute atomic E-state index is 0.115. The molecule has 166 valence electrons. The molecule has 7 nitrogen and oxygen atoms in total. The molecular formula is C24H24N2O5S. The van der Waals surface area contributed by atoms with E-state index in [1.165, 1.54) is 23.5 Å². The van der Waals surface area contributed by atoms with Crippen molar-refractivity contribution >= 4 is 15.9 Å². The number of hydrogen-bond acceptors (Lipinski definition) is 5. The van der Waals surface area contributed by atoms with Gasteiger partial charge in [-0.1, -0.05) is 30.3 Å². The molecule has 1 aliphatic heterocycles. The summed E-state index contributed by atoms with van der Waals surface area (Å²) in [5.41, 5.74) is 2.09. The van der Waals surface area contributed by atoms with Gasteiger partial charge in [-0.3, -0.25) is 4.79 Å². The van der Waals surface area contributed by atoms with Crippen LogP contribution in [0, 0.1) is 0 Å². The van der Waals surface area contributed by atoms with Crippen LogP contribution in [0.15, 0.2) is 77.7 Å². The zero-order valence-electron chi connectivity index (χ0n) is 17.7. The molecule has 1 N–H and O–H groups in total. The topological polar surface area (TPSA) is 84.9 Å². The Balaban J connectivity index is 1.53.